The van der Waals surface area contributed by atoms with E-state index >= 15 is 0 Å². The Hall–Kier alpha value is -3.02. The topological polar surface area (TPSA) is 89.5 Å². The highest BCUT2D eigenvalue weighted by molar-refractivity contribution is 6.36. The third-order valence-electron chi connectivity index (χ3n) is 5.72. The molecule has 164 valence electrons. The maximum atomic E-state index is 13.6. The first-order valence-electron chi connectivity index (χ1n) is 10.9. The van der Waals surface area contributed by atoms with Gasteiger partial charge in [-0.2, -0.15) is 0 Å². The van der Waals surface area contributed by atoms with Gasteiger partial charge in [0.2, 0.25) is 17.5 Å². The van der Waals surface area contributed by atoms with Gasteiger partial charge in [0, 0.05) is 30.1 Å². The number of allylic oxidation sites excluding steroid dienone is 2. The van der Waals surface area contributed by atoms with Crippen LogP contribution >= 0.6 is 0 Å². The Morgan fingerprint density at radius 1 is 1.10 bits per heavy atom. The lowest BCUT2D eigenvalue weighted by Crippen LogP contribution is -2.53. The van der Waals surface area contributed by atoms with Crippen LogP contribution in [0.1, 0.15) is 76.8 Å². The minimum absolute atomic E-state index is 0.141. The number of carbonyl (C=O) groups excluding carboxylic acids is 4. The SMILES string of the molecule is CCCCC(=O)Oc1cc(C(C)C)ccc1C1(NC(C)=O)C(=O)C2=CCCC=C2C1=O. The highest BCUT2D eigenvalue weighted by atomic mass is 16.5. The van der Waals surface area contributed by atoms with Crippen molar-refractivity contribution in [3.8, 4) is 5.75 Å². The summed E-state index contributed by atoms with van der Waals surface area (Å²) in [6.07, 6.45) is 6.53. The number of nitrogens with one attached hydrogen (secondary N) is 1. The van der Waals surface area contributed by atoms with Crippen LogP contribution in [0.25, 0.3) is 0 Å². The minimum Gasteiger partial charge on any atom is -0.426 e. The van der Waals surface area contributed by atoms with Crippen LogP contribution < -0.4 is 10.1 Å². The van der Waals surface area contributed by atoms with E-state index in [-0.39, 0.29) is 23.7 Å². The normalized spacial score (nSPS) is 17.2. The van der Waals surface area contributed by atoms with Gasteiger partial charge in [-0.3, -0.25) is 19.2 Å². The predicted molar refractivity (Wildman–Crippen MR) is 117 cm³/mol. The molecule has 0 unspecified atom stereocenters. The quantitative estimate of drug-likeness (QED) is 0.406. The molecule has 0 heterocycles. The largest absolute Gasteiger partial charge is 0.426 e. The molecule has 0 spiro atoms. The van der Waals surface area contributed by atoms with Crippen LogP contribution in [-0.4, -0.2) is 23.4 Å². The number of hydrogen-bond donors (Lipinski definition) is 1. The highest BCUT2D eigenvalue weighted by Gasteiger charge is 2.58. The number of esters is 1. The molecule has 1 N–H and O–H groups in total. The van der Waals surface area contributed by atoms with Crippen molar-refractivity contribution in [2.75, 3.05) is 0 Å². The molecule has 0 aromatic heterocycles. The van der Waals surface area contributed by atoms with Gasteiger partial charge in [0.05, 0.1) is 0 Å². The van der Waals surface area contributed by atoms with Gasteiger partial charge in [0.1, 0.15) is 5.75 Å². The van der Waals surface area contributed by atoms with E-state index in [1.807, 2.05) is 20.8 Å². The standard InChI is InChI=1S/C25H29NO5/c1-5-6-11-22(28)31-21-14-17(15(2)3)12-13-20(21)25(26-16(4)27)23(29)18-9-7-8-10-19(18)24(25)30/h9-10,12-15H,5-8,11H2,1-4H3,(H,26,27). The van der Waals surface area contributed by atoms with Crippen LogP contribution in [-0.2, 0) is 24.7 Å². The zero-order valence-corrected chi connectivity index (χ0v) is 18.5. The number of unbranched alkanes of at least 4 members (excludes halogenated alkanes) is 1. The molecule has 0 radical (unpaired) electrons. The number of fused-ring (bicyclic) bond motifs is 1. The second-order valence-electron chi connectivity index (χ2n) is 8.39. The fourth-order valence-corrected chi connectivity index (χ4v) is 4.09. The first-order valence-corrected chi connectivity index (χ1v) is 10.9. The molecule has 1 fully saturated rings. The lowest BCUT2D eigenvalue weighted by atomic mass is 9.83. The van der Waals surface area contributed by atoms with Crippen molar-refractivity contribution in [2.45, 2.75) is 71.3 Å². The average Bonchev–Trinajstić information content (AvgIpc) is 2.94. The fourth-order valence-electron chi connectivity index (χ4n) is 4.09. The molecule has 31 heavy (non-hydrogen) atoms. The molecule has 2 aliphatic carbocycles. The van der Waals surface area contributed by atoms with E-state index in [1.165, 1.54) is 6.92 Å². The Kier molecular flexibility index (Phi) is 6.58. The molecule has 0 bridgehead atoms. The van der Waals surface area contributed by atoms with Crippen molar-refractivity contribution >= 4 is 23.4 Å². The number of amides is 1. The number of benzene rings is 1. The van der Waals surface area contributed by atoms with E-state index in [1.54, 1.807) is 30.4 Å². The summed E-state index contributed by atoms with van der Waals surface area (Å²) in [7, 11) is 0. The molecule has 0 atom stereocenters. The molecule has 0 saturated heterocycles. The summed E-state index contributed by atoms with van der Waals surface area (Å²) >= 11 is 0. The van der Waals surface area contributed by atoms with Crippen molar-refractivity contribution in [1.29, 1.82) is 0 Å². The van der Waals surface area contributed by atoms with Crippen molar-refractivity contribution in [3.05, 3.63) is 52.6 Å². The lowest BCUT2D eigenvalue weighted by Gasteiger charge is -2.29. The number of ketones is 2. The van der Waals surface area contributed by atoms with Gasteiger partial charge in [-0.05, 0) is 36.8 Å². The zero-order chi connectivity index (χ0) is 22.8. The van der Waals surface area contributed by atoms with Crippen molar-refractivity contribution in [1.82, 2.24) is 5.32 Å². The summed E-state index contributed by atoms with van der Waals surface area (Å²) < 4.78 is 5.67. The maximum Gasteiger partial charge on any atom is 0.311 e. The number of carbonyl (C=O) groups is 4. The summed E-state index contributed by atoms with van der Waals surface area (Å²) in [5, 5.41) is 2.62. The highest BCUT2D eigenvalue weighted by Crippen LogP contribution is 2.45. The number of Topliss-reactive ketones (excluding diaryl/α,β-unsaturated/α-hetero) is 2. The molecular formula is C25H29NO5. The van der Waals surface area contributed by atoms with Crippen LogP contribution in [0.5, 0.6) is 5.75 Å². The fraction of sp³-hybridized carbons (Fsp3) is 0.440. The Balaban J connectivity index is 2.20. The van der Waals surface area contributed by atoms with Crippen LogP contribution in [0.15, 0.2) is 41.5 Å². The monoisotopic (exact) mass is 423 g/mol. The molecule has 2 aliphatic rings. The molecule has 0 aliphatic heterocycles. The summed E-state index contributed by atoms with van der Waals surface area (Å²) in [5.41, 5.74) is -0.191. The summed E-state index contributed by atoms with van der Waals surface area (Å²) in [4.78, 5) is 51.7. The molecule has 1 saturated carbocycles. The van der Waals surface area contributed by atoms with Gasteiger partial charge in [0.25, 0.3) is 0 Å². The molecule has 1 aromatic rings. The summed E-state index contributed by atoms with van der Waals surface area (Å²) in [5.74, 6) is -1.64. The van der Waals surface area contributed by atoms with Crippen molar-refractivity contribution in [2.24, 2.45) is 0 Å². The van der Waals surface area contributed by atoms with Gasteiger partial charge in [-0.25, -0.2) is 0 Å². The molecule has 6 nitrogen and oxygen atoms in total. The maximum absolute atomic E-state index is 13.6. The van der Waals surface area contributed by atoms with Gasteiger partial charge < -0.3 is 10.1 Å². The number of rotatable bonds is 7. The summed E-state index contributed by atoms with van der Waals surface area (Å²) in [6, 6.07) is 5.12. The molecule has 6 heteroatoms. The van der Waals surface area contributed by atoms with E-state index in [9.17, 15) is 19.2 Å². The van der Waals surface area contributed by atoms with Gasteiger partial charge in [-0.15, -0.1) is 0 Å². The Morgan fingerprint density at radius 3 is 2.23 bits per heavy atom. The third kappa shape index (κ3) is 4.11. The van der Waals surface area contributed by atoms with Crippen LogP contribution in [0, 0.1) is 0 Å². The van der Waals surface area contributed by atoms with Crippen LogP contribution in [0.2, 0.25) is 0 Å². The van der Waals surface area contributed by atoms with E-state index in [0.717, 1.165) is 12.0 Å². The first kappa shape index (κ1) is 22.7. The lowest BCUT2D eigenvalue weighted by molar-refractivity contribution is -0.137. The van der Waals surface area contributed by atoms with Crippen LogP contribution in [0.3, 0.4) is 0 Å². The van der Waals surface area contributed by atoms with Crippen molar-refractivity contribution < 1.29 is 23.9 Å². The molecule has 1 aromatic carbocycles. The average molecular weight is 424 g/mol. The molecule has 1 amide bonds. The number of ether oxygens (including phenoxy) is 1. The van der Waals surface area contributed by atoms with E-state index in [4.69, 9.17) is 4.74 Å². The van der Waals surface area contributed by atoms with Crippen LogP contribution in [0.4, 0.5) is 0 Å². The number of hydrogen-bond acceptors (Lipinski definition) is 5. The Bertz CT molecular complexity index is 967. The summed E-state index contributed by atoms with van der Waals surface area (Å²) in [6.45, 7) is 7.24. The Labute approximate surface area is 182 Å². The van der Waals surface area contributed by atoms with E-state index in [2.05, 4.69) is 5.32 Å². The second-order valence-corrected chi connectivity index (χ2v) is 8.39. The second kappa shape index (κ2) is 9.00. The van der Waals surface area contributed by atoms with Gasteiger partial charge in [0.15, 0.2) is 5.54 Å². The Morgan fingerprint density at radius 2 is 1.71 bits per heavy atom. The zero-order valence-electron chi connectivity index (χ0n) is 18.5. The molecular weight excluding hydrogens is 394 g/mol. The molecule has 3 rings (SSSR count). The smallest absolute Gasteiger partial charge is 0.311 e. The third-order valence-corrected chi connectivity index (χ3v) is 5.72. The van der Waals surface area contributed by atoms with Gasteiger partial charge >= 0.3 is 5.97 Å². The van der Waals surface area contributed by atoms with E-state index < -0.39 is 29.0 Å². The predicted octanol–water partition coefficient (Wildman–Crippen LogP) is 4.04. The first-order chi connectivity index (χ1) is 14.7. The van der Waals surface area contributed by atoms with E-state index in [0.29, 0.717) is 30.4 Å². The minimum atomic E-state index is -1.93. The van der Waals surface area contributed by atoms with Crippen molar-refractivity contribution in [3.63, 3.8) is 0 Å². The van der Waals surface area contributed by atoms with Gasteiger partial charge in [-0.1, -0.05) is 51.5 Å².